The molecular weight excluding hydrogens is 380 g/mol. The van der Waals surface area contributed by atoms with Crippen molar-refractivity contribution < 1.29 is 19.4 Å². The van der Waals surface area contributed by atoms with Gasteiger partial charge in [-0.15, -0.1) is 0 Å². The van der Waals surface area contributed by atoms with Crippen LogP contribution in [-0.2, 0) is 22.5 Å². The summed E-state index contributed by atoms with van der Waals surface area (Å²) in [4.78, 5) is 27.2. The van der Waals surface area contributed by atoms with Gasteiger partial charge in [0, 0.05) is 30.2 Å². The summed E-state index contributed by atoms with van der Waals surface area (Å²) in [7, 11) is 2.04. The lowest BCUT2D eigenvalue weighted by Crippen LogP contribution is -2.52. The van der Waals surface area contributed by atoms with Gasteiger partial charge in [0.25, 0.3) is 0 Å². The number of carboxylic acid groups (broad SMARTS) is 1. The van der Waals surface area contributed by atoms with Crippen LogP contribution in [0.25, 0.3) is 0 Å². The van der Waals surface area contributed by atoms with E-state index in [1.165, 1.54) is 4.90 Å². The number of carbonyl (C=O) groups excluding carboxylic acids is 1. The predicted octanol–water partition coefficient (Wildman–Crippen LogP) is 4.19. The number of hydrogen-bond donors (Lipinski definition) is 1. The molecule has 1 aromatic rings. The zero-order valence-corrected chi connectivity index (χ0v) is 18.2. The Morgan fingerprint density at radius 2 is 1.89 bits per heavy atom. The molecule has 7 heteroatoms. The van der Waals surface area contributed by atoms with Crippen LogP contribution < -0.4 is 0 Å². The van der Waals surface area contributed by atoms with E-state index < -0.39 is 11.7 Å². The third-order valence-electron chi connectivity index (χ3n) is 5.40. The number of nitrogens with zero attached hydrogens (tertiary/aromatic N) is 2. The van der Waals surface area contributed by atoms with Crippen LogP contribution in [0.4, 0.5) is 4.79 Å². The number of amides is 1. The number of likely N-dealkylation sites (tertiary alicyclic amines) is 1. The summed E-state index contributed by atoms with van der Waals surface area (Å²) < 4.78 is 5.45. The highest BCUT2D eigenvalue weighted by Gasteiger charge is 2.35. The van der Waals surface area contributed by atoms with Crippen molar-refractivity contribution in [2.45, 2.75) is 64.6 Å². The Hall–Kier alpha value is -1.79. The van der Waals surface area contributed by atoms with Crippen LogP contribution in [0.5, 0.6) is 0 Å². The van der Waals surface area contributed by atoms with E-state index in [-0.39, 0.29) is 17.9 Å². The molecule has 1 aliphatic rings. The molecule has 0 bridgehead atoms. The second-order valence-corrected chi connectivity index (χ2v) is 9.17. The molecule has 28 heavy (non-hydrogen) atoms. The van der Waals surface area contributed by atoms with Crippen molar-refractivity contribution in [1.29, 1.82) is 0 Å². The third-order valence-corrected chi connectivity index (χ3v) is 5.75. The van der Waals surface area contributed by atoms with Crippen LogP contribution in [0.15, 0.2) is 18.2 Å². The highest BCUT2D eigenvalue weighted by atomic mass is 35.5. The van der Waals surface area contributed by atoms with Gasteiger partial charge < -0.3 is 14.7 Å². The highest BCUT2D eigenvalue weighted by molar-refractivity contribution is 6.31. The summed E-state index contributed by atoms with van der Waals surface area (Å²) >= 11 is 6.40. The molecule has 6 nitrogen and oxygen atoms in total. The van der Waals surface area contributed by atoms with Crippen molar-refractivity contribution in [3.05, 3.63) is 34.3 Å². The van der Waals surface area contributed by atoms with Crippen molar-refractivity contribution in [3.8, 4) is 0 Å². The molecule has 0 spiro atoms. The Bertz CT molecular complexity index is 722. The van der Waals surface area contributed by atoms with Crippen LogP contribution in [-0.4, -0.2) is 58.2 Å². The fourth-order valence-electron chi connectivity index (χ4n) is 3.48. The summed E-state index contributed by atoms with van der Waals surface area (Å²) in [5.41, 5.74) is 1.12. The van der Waals surface area contributed by atoms with E-state index in [0.717, 1.165) is 24.0 Å². The molecule has 0 unspecified atom stereocenters. The first kappa shape index (κ1) is 22.5. The normalized spacial score (nSPS) is 16.9. The Morgan fingerprint density at radius 3 is 2.43 bits per heavy atom. The number of benzene rings is 1. The molecule has 0 aliphatic carbocycles. The lowest BCUT2D eigenvalue weighted by atomic mass is 9.87. The number of carbonyl (C=O) groups is 2. The van der Waals surface area contributed by atoms with Gasteiger partial charge >= 0.3 is 12.1 Å². The average Bonchev–Trinajstić information content (AvgIpc) is 2.56. The number of piperidine rings is 1. The Morgan fingerprint density at radius 1 is 1.29 bits per heavy atom. The van der Waals surface area contributed by atoms with Gasteiger partial charge in [-0.1, -0.05) is 23.7 Å². The largest absolute Gasteiger partial charge is 0.465 e. The molecule has 1 aliphatic heterocycles. The molecule has 0 aromatic heterocycles. The van der Waals surface area contributed by atoms with E-state index in [4.69, 9.17) is 21.4 Å². The molecule has 1 heterocycles. The SMILES string of the molecule is CN(Cc1cccc(Cl)c1CC(=O)OC(C)(C)C)C1(C)CCN(C(=O)O)CC1. The predicted molar refractivity (Wildman–Crippen MR) is 110 cm³/mol. The fourth-order valence-corrected chi connectivity index (χ4v) is 3.74. The lowest BCUT2D eigenvalue weighted by Gasteiger charge is -2.44. The van der Waals surface area contributed by atoms with E-state index in [9.17, 15) is 9.59 Å². The second kappa shape index (κ2) is 8.70. The number of rotatable bonds is 5. The molecule has 1 fully saturated rings. The molecule has 0 atom stereocenters. The number of esters is 1. The number of hydrogen-bond acceptors (Lipinski definition) is 4. The first-order valence-corrected chi connectivity index (χ1v) is 9.96. The summed E-state index contributed by atoms with van der Waals surface area (Å²) in [5.74, 6) is -0.300. The van der Waals surface area contributed by atoms with E-state index >= 15 is 0 Å². The molecule has 156 valence electrons. The zero-order chi connectivity index (χ0) is 21.1. The molecule has 0 saturated carbocycles. The van der Waals surface area contributed by atoms with Crippen LogP contribution in [0, 0.1) is 0 Å². The van der Waals surface area contributed by atoms with Crippen molar-refractivity contribution in [1.82, 2.24) is 9.80 Å². The Labute approximate surface area is 172 Å². The zero-order valence-electron chi connectivity index (χ0n) is 17.4. The minimum atomic E-state index is -0.862. The molecule has 1 amide bonds. The summed E-state index contributed by atoms with van der Waals surface area (Å²) in [6.45, 7) is 9.36. The lowest BCUT2D eigenvalue weighted by molar-refractivity contribution is -0.153. The van der Waals surface area contributed by atoms with Crippen molar-refractivity contribution in [2.24, 2.45) is 0 Å². The van der Waals surface area contributed by atoms with Gasteiger partial charge in [-0.05, 0) is 64.8 Å². The molecule has 1 N–H and O–H groups in total. The maximum atomic E-state index is 12.3. The Kier molecular flexibility index (Phi) is 6.99. The molecular formula is C21H31ClN2O4. The van der Waals surface area contributed by atoms with Gasteiger partial charge in [0.2, 0.25) is 0 Å². The Balaban J connectivity index is 2.12. The van der Waals surface area contributed by atoms with Gasteiger partial charge in [0.15, 0.2) is 0 Å². The van der Waals surface area contributed by atoms with Crippen molar-refractivity contribution >= 4 is 23.7 Å². The number of ether oxygens (including phenoxy) is 1. The van der Waals surface area contributed by atoms with Gasteiger partial charge in [-0.3, -0.25) is 9.69 Å². The van der Waals surface area contributed by atoms with Crippen LogP contribution >= 0.6 is 11.6 Å². The quantitative estimate of drug-likeness (QED) is 0.737. The smallest absolute Gasteiger partial charge is 0.407 e. The van der Waals surface area contributed by atoms with E-state index in [1.807, 2.05) is 40.0 Å². The van der Waals surface area contributed by atoms with Gasteiger partial charge in [-0.25, -0.2) is 4.79 Å². The van der Waals surface area contributed by atoms with Crippen molar-refractivity contribution in [2.75, 3.05) is 20.1 Å². The maximum Gasteiger partial charge on any atom is 0.407 e. The highest BCUT2D eigenvalue weighted by Crippen LogP contribution is 2.31. The van der Waals surface area contributed by atoms with Crippen LogP contribution in [0.1, 0.15) is 51.7 Å². The summed E-state index contributed by atoms with van der Waals surface area (Å²) in [6.07, 6.45) is 0.790. The summed E-state index contributed by atoms with van der Waals surface area (Å²) in [5, 5.41) is 9.73. The fraction of sp³-hybridized carbons (Fsp3) is 0.619. The first-order chi connectivity index (χ1) is 12.9. The minimum absolute atomic E-state index is 0.114. The van der Waals surface area contributed by atoms with Crippen LogP contribution in [0.2, 0.25) is 5.02 Å². The minimum Gasteiger partial charge on any atom is -0.465 e. The molecule has 0 radical (unpaired) electrons. The van der Waals surface area contributed by atoms with Gasteiger partial charge in [0.1, 0.15) is 5.60 Å². The third kappa shape index (κ3) is 5.85. The molecule has 1 saturated heterocycles. The van der Waals surface area contributed by atoms with Crippen molar-refractivity contribution in [3.63, 3.8) is 0 Å². The molecule has 2 rings (SSSR count). The van der Waals surface area contributed by atoms with E-state index in [0.29, 0.717) is 24.7 Å². The van der Waals surface area contributed by atoms with E-state index in [1.54, 1.807) is 6.07 Å². The number of halogens is 1. The monoisotopic (exact) mass is 410 g/mol. The van der Waals surface area contributed by atoms with Crippen LogP contribution in [0.3, 0.4) is 0 Å². The summed E-state index contributed by atoms with van der Waals surface area (Å²) in [6, 6.07) is 5.66. The standard InChI is InChI=1S/C21H31ClN2O4/c1-20(2,3)28-18(25)13-16-15(7-6-8-17(16)22)14-23(5)21(4)9-11-24(12-10-21)19(26)27/h6-8H,9-14H2,1-5H3,(H,26,27). The average molecular weight is 411 g/mol. The van der Waals surface area contributed by atoms with E-state index in [2.05, 4.69) is 11.8 Å². The maximum absolute atomic E-state index is 12.3. The van der Waals surface area contributed by atoms with Gasteiger partial charge in [0.05, 0.1) is 6.42 Å². The second-order valence-electron chi connectivity index (χ2n) is 8.76. The topological polar surface area (TPSA) is 70.1 Å². The first-order valence-electron chi connectivity index (χ1n) is 9.58. The van der Waals surface area contributed by atoms with Gasteiger partial charge in [-0.2, -0.15) is 0 Å². The molecule has 1 aromatic carbocycles.